The van der Waals surface area contributed by atoms with E-state index >= 15 is 0 Å². The molecule has 0 aromatic heterocycles. The molecule has 0 aliphatic heterocycles. The molecule has 0 amide bonds. The second-order valence-electron chi connectivity index (χ2n) is 3.98. The smallest absolute Gasteiger partial charge is 0.389 e. The molecule has 0 spiro atoms. The maximum absolute atomic E-state index is 13.6. The van der Waals surface area contributed by atoms with Gasteiger partial charge in [0.15, 0.2) is 0 Å². The van der Waals surface area contributed by atoms with Crippen molar-refractivity contribution in [2.45, 2.75) is 25.4 Å². The molecule has 0 aliphatic rings. The van der Waals surface area contributed by atoms with E-state index in [2.05, 4.69) is 11.8 Å². The summed E-state index contributed by atoms with van der Waals surface area (Å²) in [4.78, 5) is 0. The van der Waals surface area contributed by atoms with E-state index in [9.17, 15) is 17.6 Å². The summed E-state index contributed by atoms with van der Waals surface area (Å²) in [5.74, 6) is 4.67. The molecule has 0 atom stereocenters. The summed E-state index contributed by atoms with van der Waals surface area (Å²) in [6, 6.07) is 3.91. The van der Waals surface area contributed by atoms with Crippen molar-refractivity contribution >= 4 is 0 Å². The molecule has 0 fully saturated rings. The molecule has 0 aliphatic carbocycles. The molecule has 0 heterocycles. The maximum atomic E-state index is 13.6. The van der Waals surface area contributed by atoms with E-state index < -0.39 is 18.4 Å². The number of hydrogen-bond acceptors (Lipinski definition) is 2. The Hall–Kier alpha value is -1.74. The van der Waals surface area contributed by atoms with Crippen LogP contribution in [0.4, 0.5) is 17.6 Å². The monoisotopic (exact) mass is 290 g/mol. The lowest BCUT2D eigenvalue weighted by molar-refractivity contribution is -0.136. The number of benzene rings is 1. The van der Waals surface area contributed by atoms with Crippen LogP contribution in [0.3, 0.4) is 0 Å². The van der Waals surface area contributed by atoms with Crippen molar-refractivity contribution in [3.63, 3.8) is 0 Å². The Morgan fingerprint density at radius 2 is 2.00 bits per heavy atom. The van der Waals surface area contributed by atoms with E-state index in [4.69, 9.17) is 9.84 Å². The third kappa shape index (κ3) is 6.43. The van der Waals surface area contributed by atoms with E-state index in [0.717, 1.165) is 6.07 Å². The topological polar surface area (TPSA) is 29.5 Å². The van der Waals surface area contributed by atoms with Crippen LogP contribution in [0.5, 0.6) is 5.75 Å². The second kappa shape index (κ2) is 7.75. The molecule has 1 N–H and O–H groups in total. The summed E-state index contributed by atoms with van der Waals surface area (Å²) in [6.07, 6.45) is -5.07. The zero-order chi connectivity index (χ0) is 15.0. The van der Waals surface area contributed by atoms with Gasteiger partial charge < -0.3 is 9.84 Å². The molecular formula is C14H14F4O2. The van der Waals surface area contributed by atoms with Crippen LogP contribution in [0.15, 0.2) is 18.2 Å². The van der Waals surface area contributed by atoms with Crippen LogP contribution in [0.2, 0.25) is 0 Å². The summed E-state index contributed by atoms with van der Waals surface area (Å²) in [5, 5.41) is 8.54. The van der Waals surface area contributed by atoms with Gasteiger partial charge in [-0.1, -0.05) is 11.8 Å². The fourth-order valence-electron chi connectivity index (χ4n) is 1.36. The van der Waals surface area contributed by atoms with E-state index in [0.29, 0.717) is 0 Å². The highest BCUT2D eigenvalue weighted by atomic mass is 19.4. The number of alkyl halides is 3. The number of ether oxygens (including phenoxy) is 1. The summed E-state index contributed by atoms with van der Waals surface area (Å²) >= 11 is 0. The van der Waals surface area contributed by atoms with Gasteiger partial charge in [0, 0.05) is 18.9 Å². The van der Waals surface area contributed by atoms with Crippen molar-refractivity contribution in [3.05, 3.63) is 29.6 Å². The summed E-state index contributed by atoms with van der Waals surface area (Å²) in [6.45, 7) is -0.233. The maximum Gasteiger partial charge on any atom is 0.389 e. The number of rotatable bonds is 5. The van der Waals surface area contributed by atoms with Crippen LogP contribution in [0.1, 0.15) is 24.8 Å². The molecule has 0 bridgehead atoms. The molecular weight excluding hydrogens is 276 g/mol. The summed E-state index contributed by atoms with van der Waals surface area (Å²) in [7, 11) is 0. The van der Waals surface area contributed by atoms with Crippen LogP contribution < -0.4 is 4.74 Å². The van der Waals surface area contributed by atoms with Crippen molar-refractivity contribution in [1.29, 1.82) is 0 Å². The zero-order valence-electron chi connectivity index (χ0n) is 10.6. The van der Waals surface area contributed by atoms with Gasteiger partial charge in [-0.15, -0.1) is 0 Å². The van der Waals surface area contributed by atoms with Gasteiger partial charge in [-0.25, -0.2) is 4.39 Å². The van der Waals surface area contributed by atoms with Gasteiger partial charge in [0.2, 0.25) is 0 Å². The van der Waals surface area contributed by atoms with Crippen molar-refractivity contribution < 1.29 is 27.4 Å². The molecule has 0 radical (unpaired) electrons. The Kier molecular flexibility index (Phi) is 6.32. The first-order valence-corrected chi connectivity index (χ1v) is 6.01. The standard InChI is InChI=1S/C14H14F4O2/c15-13-10-12(20-9-3-7-14(16,17)18)6-5-11(13)4-1-2-8-19/h5-6,10,19H,2-3,7-9H2. The number of halogens is 4. The van der Waals surface area contributed by atoms with Crippen LogP contribution in [0.25, 0.3) is 0 Å². The lowest BCUT2D eigenvalue weighted by Crippen LogP contribution is -2.09. The molecule has 1 aromatic rings. The number of aliphatic hydroxyl groups is 1. The van der Waals surface area contributed by atoms with Crippen LogP contribution >= 0.6 is 0 Å². The predicted octanol–water partition coefficient (Wildman–Crippen LogP) is 3.28. The summed E-state index contributed by atoms with van der Waals surface area (Å²) in [5.41, 5.74) is 0.154. The molecule has 1 aromatic carbocycles. The van der Waals surface area contributed by atoms with E-state index in [1.807, 2.05) is 0 Å². The van der Waals surface area contributed by atoms with Gasteiger partial charge in [-0.3, -0.25) is 0 Å². The average molecular weight is 290 g/mol. The van der Waals surface area contributed by atoms with Gasteiger partial charge in [-0.05, 0) is 18.6 Å². The van der Waals surface area contributed by atoms with Crippen molar-refractivity contribution in [3.8, 4) is 17.6 Å². The van der Waals surface area contributed by atoms with Gasteiger partial charge in [0.1, 0.15) is 11.6 Å². The number of hydrogen-bond donors (Lipinski definition) is 1. The first-order chi connectivity index (χ1) is 9.42. The minimum atomic E-state index is -4.21. The van der Waals surface area contributed by atoms with Crippen LogP contribution in [0, 0.1) is 17.7 Å². The van der Waals surface area contributed by atoms with Gasteiger partial charge in [0.25, 0.3) is 0 Å². The summed E-state index contributed by atoms with van der Waals surface area (Å²) < 4.78 is 54.3. The normalized spacial score (nSPS) is 10.8. The van der Waals surface area contributed by atoms with Gasteiger partial charge >= 0.3 is 6.18 Å². The van der Waals surface area contributed by atoms with E-state index in [1.165, 1.54) is 12.1 Å². The highest BCUT2D eigenvalue weighted by molar-refractivity contribution is 5.39. The molecule has 0 saturated carbocycles. The molecule has 110 valence electrons. The average Bonchev–Trinajstić information content (AvgIpc) is 2.36. The molecule has 20 heavy (non-hydrogen) atoms. The first kappa shape index (κ1) is 16.3. The molecule has 2 nitrogen and oxygen atoms in total. The SMILES string of the molecule is OCCC#Cc1ccc(OCCCC(F)(F)F)cc1F. The second-order valence-corrected chi connectivity index (χ2v) is 3.98. The van der Waals surface area contributed by atoms with Crippen molar-refractivity contribution in [1.82, 2.24) is 0 Å². The molecule has 6 heteroatoms. The van der Waals surface area contributed by atoms with E-state index in [1.54, 1.807) is 0 Å². The highest BCUT2D eigenvalue weighted by Gasteiger charge is 2.26. The molecule has 1 rings (SSSR count). The lowest BCUT2D eigenvalue weighted by atomic mass is 10.2. The van der Waals surface area contributed by atoms with Crippen molar-refractivity contribution in [2.24, 2.45) is 0 Å². The Labute approximate surface area is 114 Å². The predicted molar refractivity (Wildman–Crippen MR) is 65.8 cm³/mol. The highest BCUT2D eigenvalue weighted by Crippen LogP contribution is 2.22. The minimum Gasteiger partial charge on any atom is -0.493 e. The quantitative estimate of drug-likeness (QED) is 0.512. The van der Waals surface area contributed by atoms with Crippen LogP contribution in [-0.4, -0.2) is 24.5 Å². The third-order valence-corrected chi connectivity index (χ3v) is 2.27. The minimum absolute atomic E-state index is 0.102. The Bertz CT molecular complexity index is 486. The first-order valence-electron chi connectivity index (χ1n) is 6.01. The molecule has 0 saturated heterocycles. The van der Waals surface area contributed by atoms with Gasteiger partial charge in [-0.2, -0.15) is 13.2 Å². The lowest BCUT2D eigenvalue weighted by Gasteiger charge is -2.08. The Morgan fingerprint density at radius 3 is 2.60 bits per heavy atom. The van der Waals surface area contributed by atoms with Gasteiger partial charge in [0.05, 0.1) is 18.8 Å². The fourth-order valence-corrected chi connectivity index (χ4v) is 1.36. The zero-order valence-corrected chi connectivity index (χ0v) is 10.6. The fraction of sp³-hybridized carbons (Fsp3) is 0.429. The largest absolute Gasteiger partial charge is 0.493 e. The Morgan fingerprint density at radius 1 is 1.25 bits per heavy atom. The van der Waals surface area contributed by atoms with Crippen molar-refractivity contribution in [2.75, 3.05) is 13.2 Å². The number of aliphatic hydroxyl groups excluding tert-OH is 1. The van der Waals surface area contributed by atoms with E-state index in [-0.39, 0.29) is 37.4 Å². The molecule has 0 unspecified atom stereocenters. The Balaban J connectivity index is 2.50. The van der Waals surface area contributed by atoms with Crippen LogP contribution in [-0.2, 0) is 0 Å². The third-order valence-electron chi connectivity index (χ3n) is 2.27.